The van der Waals surface area contributed by atoms with Crippen LogP contribution in [0.5, 0.6) is 5.75 Å². The molecule has 8 heteroatoms. The topological polar surface area (TPSA) is 85.4 Å². The number of nitrogens with zero attached hydrogens (tertiary/aromatic N) is 1. The van der Waals surface area contributed by atoms with E-state index in [1.165, 1.54) is 11.3 Å². The minimum absolute atomic E-state index is 0.237. The van der Waals surface area contributed by atoms with Crippen LogP contribution in [0, 0.1) is 0 Å². The lowest BCUT2D eigenvalue weighted by Crippen LogP contribution is -2.26. The Hall–Kier alpha value is -2.71. The summed E-state index contributed by atoms with van der Waals surface area (Å²) in [6.07, 6.45) is 1.16. The van der Waals surface area contributed by atoms with E-state index in [0.29, 0.717) is 17.9 Å². The first-order valence-electron chi connectivity index (χ1n) is 8.54. The summed E-state index contributed by atoms with van der Waals surface area (Å²) in [7, 11) is -3.24. The molecule has 1 heterocycles. The number of sulfone groups is 1. The summed E-state index contributed by atoms with van der Waals surface area (Å²) < 4.78 is 28.8. The molecule has 6 nitrogen and oxygen atoms in total. The molecule has 1 atom stereocenters. The standard InChI is InChI=1S/C20H20N2O4S2/c1-14(15-6-8-19(9-7-15)28(2,24)25)22-20(23)16-4-3-5-18(10-16)26-11-17-12-27-13-21-17/h3-10,12-14H,11H2,1-2H3,(H,22,23)/t14-/m0/s1. The second-order valence-corrected chi connectivity index (χ2v) is 9.07. The first-order chi connectivity index (χ1) is 13.3. The Morgan fingerprint density at radius 3 is 2.61 bits per heavy atom. The number of nitrogens with one attached hydrogen (secondary N) is 1. The average Bonchev–Trinajstić information content (AvgIpc) is 3.19. The molecule has 1 amide bonds. The number of thiazole rings is 1. The average molecular weight is 417 g/mol. The van der Waals surface area contributed by atoms with E-state index in [9.17, 15) is 13.2 Å². The van der Waals surface area contributed by atoms with Gasteiger partial charge in [-0.25, -0.2) is 13.4 Å². The number of carbonyl (C=O) groups is 1. The van der Waals surface area contributed by atoms with Gasteiger partial charge in [0.1, 0.15) is 12.4 Å². The molecule has 1 aromatic heterocycles. The number of hydrogen-bond donors (Lipinski definition) is 1. The quantitative estimate of drug-likeness (QED) is 0.636. The maximum absolute atomic E-state index is 12.6. The van der Waals surface area contributed by atoms with Gasteiger partial charge in [-0.2, -0.15) is 0 Å². The summed E-state index contributed by atoms with van der Waals surface area (Å²) >= 11 is 1.50. The number of ether oxygens (including phenoxy) is 1. The minimum atomic E-state index is -3.24. The highest BCUT2D eigenvalue weighted by Crippen LogP contribution is 2.19. The molecule has 3 rings (SSSR count). The lowest BCUT2D eigenvalue weighted by molar-refractivity contribution is 0.0939. The first-order valence-corrected chi connectivity index (χ1v) is 11.4. The van der Waals surface area contributed by atoms with Crippen LogP contribution >= 0.6 is 11.3 Å². The van der Waals surface area contributed by atoms with E-state index in [1.54, 1.807) is 54.0 Å². The van der Waals surface area contributed by atoms with Crippen molar-refractivity contribution in [1.82, 2.24) is 10.3 Å². The van der Waals surface area contributed by atoms with Crippen LogP contribution in [0.25, 0.3) is 0 Å². The Morgan fingerprint density at radius 1 is 1.21 bits per heavy atom. The van der Waals surface area contributed by atoms with Gasteiger partial charge in [0.25, 0.3) is 5.91 Å². The van der Waals surface area contributed by atoms with E-state index in [-0.39, 0.29) is 16.8 Å². The molecule has 3 aromatic rings. The van der Waals surface area contributed by atoms with Crippen LogP contribution in [0.15, 0.2) is 64.3 Å². The normalized spacial score (nSPS) is 12.4. The zero-order chi connectivity index (χ0) is 20.1. The number of hydrogen-bond acceptors (Lipinski definition) is 6. The fraction of sp³-hybridized carbons (Fsp3) is 0.200. The molecule has 0 unspecified atom stereocenters. The second kappa shape index (κ2) is 8.53. The molecule has 0 aliphatic carbocycles. The number of aromatic nitrogens is 1. The van der Waals surface area contributed by atoms with Crippen molar-refractivity contribution in [1.29, 1.82) is 0 Å². The van der Waals surface area contributed by atoms with Crippen molar-refractivity contribution in [3.8, 4) is 5.75 Å². The molecule has 2 aromatic carbocycles. The molecular weight excluding hydrogens is 396 g/mol. The van der Waals surface area contributed by atoms with Gasteiger partial charge in [-0.1, -0.05) is 18.2 Å². The number of benzene rings is 2. The molecule has 1 N–H and O–H groups in total. The third-order valence-electron chi connectivity index (χ3n) is 4.12. The summed E-state index contributed by atoms with van der Waals surface area (Å²) in [6, 6.07) is 13.2. The van der Waals surface area contributed by atoms with Gasteiger partial charge in [0, 0.05) is 17.2 Å². The fourth-order valence-electron chi connectivity index (χ4n) is 2.56. The Labute approximate surface area is 168 Å². The van der Waals surface area contributed by atoms with Gasteiger partial charge in [-0.3, -0.25) is 4.79 Å². The molecular formula is C20H20N2O4S2. The molecule has 0 fully saturated rings. The maximum Gasteiger partial charge on any atom is 0.251 e. The maximum atomic E-state index is 12.6. The summed E-state index contributed by atoms with van der Waals surface area (Å²) in [5.41, 5.74) is 3.88. The van der Waals surface area contributed by atoms with Gasteiger partial charge >= 0.3 is 0 Å². The Balaban J connectivity index is 1.64. The summed E-state index contributed by atoms with van der Waals surface area (Å²) in [6.45, 7) is 2.19. The van der Waals surface area contributed by atoms with Crippen molar-refractivity contribution < 1.29 is 17.9 Å². The molecule has 0 aliphatic rings. The SMILES string of the molecule is C[C@H](NC(=O)c1cccc(OCc2cscn2)c1)c1ccc(S(C)(=O)=O)cc1. The van der Waals surface area contributed by atoms with Gasteiger partial charge in [0.15, 0.2) is 9.84 Å². The van der Waals surface area contributed by atoms with E-state index in [4.69, 9.17) is 4.74 Å². The van der Waals surface area contributed by atoms with Gasteiger partial charge in [0.2, 0.25) is 0 Å². The smallest absolute Gasteiger partial charge is 0.251 e. The third kappa shape index (κ3) is 5.17. The van der Waals surface area contributed by atoms with Crippen LogP contribution in [0.4, 0.5) is 0 Å². The van der Waals surface area contributed by atoms with Crippen LogP contribution in [-0.2, 0) is 16.4 Å². The van der Waals surface area contributed by atoms with Crippen molar-refractivity contribution in [2.24, 2.45) is 0 Å². The van der Waals surface area contributed by atoms with Crippen molar-refractivity contribution in [2.45, 2.75) is 24.5 Å². The van der Waals surface area contributed by atoms with Crippen molar-refractivity contribution >= 4 is 27.1 Å². The van der Waals surface area contributed by atoms with Gasteiger partial charge in [-0.15, -0.1) is 11.3 Å². The highest BCUT2D eigenvalue weighted by atomic mass is 32.2. The predicted octanol–water partition coefficient (Wildman–Crippen LogP) is 3.62. The highest BCUT2D eigenvalue weighted by molar-refractivity contribution is 7.90. The largest absolute Gasteiger partial charge is 0.487 e. The fourth-order valence-corrected chi connectivity index (χ4v) is 3.73. The van der Waals surface area contributed by atoms with E-state index in [1.807, 2.05) is 12.3 Å². The van der Waals surface area contributed by atoms with Crippen molar-refractivity contribution in [3.05, 3.63) is 76.2 Å². The third-order valence-corrected chi connectivity index (χ3v) is 5.89. The predicted molar refractivity (Wildman–Crippen MR) is 108 cm³/mol. The molecule has 0 saturated carbocycles. The molecule has 0 bridgehead atoms. The minimum Gasteiger partial charge on any atom is -0.487 e. The Bertz CT molecular complexity index is 1050. The molecule has 146 valence electrons. The summed E-state index contributed by atoms with van der Waals surface area (Å²) in [5, 5.41) is 4.82. The van der Waals surface area contributed by atoms with Gasteiger partial charge in [-0.05, 0) is 42.8 Å². The number of amides is 1. The summed E-state index contributed by atoms with van der Waals surface area (Å²) in [4.78, 5) is 17.0. The van der Waals surface area contributed by atoms with Crippen LogP contribution in [0.3, 0.4) is 0 Å². The number of carbonyl (C=O) groups excluding carboxylic acids is 1. The Kier molecular flexibility index (Phi) is 6.11. The van der Waals surface area contributed by atoms with Crippen molar-refractivity contribution in [2.75, 3.05) is 6.26 Å². The lowest BCUT2D eigenvalue weighted by Gasteiger charge is -2.15. The van der Waals surface area contributed by atoms with Gasteiger partial charge in [0.05, 0.1) is 22.1 Å². The first kappa shape index (κ1) is 20.0. The molecule has 0 saturated heterocycles. The van der Waals surface area contributed by atoms with Crippen LogP contribution in [0.2, 0.25) is 0 Å². The molecule has 0 aliphatic heterocycles. The van der Waals surface area contributed by atoms with Crippen LogP contribution in [0.1, 0.15) is 34.6 Å². The van der Waals surface area contributed by atoms with E-state index >= 15 is 0 Å². The lowest BCUT2D eigenvalue weighted by atomic mass is 10.1. The highest BCUT2D eigenvalue weighted by Gasteiger charge is 2.14. The van der Waals surface area contributed by atoms with E-state index in [2.05, 4.69) is 10.3 Å². The molecule has 0 spiro atoms. The monoisotopic (exact) mass is 416 g/mol. The zero-order valence-corrected chi connectivity index (χ0v) is 17.1. The number of rotatable bonds is 7. The van der Waals surface area contributed by atoms with Crippen molar-refractivity contribution in [3.63, 3.8) is 0 Å². The van der Waals surface area contributed by atoms with E-state index < -0.39 is 9.84 Å². The van der Waals surface area contributed by atoms with Crippen LogP contribution in [-0.4, -0.2) is 25.6 Å². The summed E-state index contributed by atoms with van der Waals surface area (Å²) in [5.74, 6) is 0.351. The molecule has 28 heavy (non-hydrogen) atoms. The molecule has 0 radical (unpaired) electrons. The van der Waals surface area contributed by atoms with Gasteiger partial charge < -0.3 is 10.1 Å². The van der Waals surface area contributed by atoms with Crippen LogP contribution < -0.4 is 10.1 Å². The van der Waals surface area contributed by atoms with E-state index in [0.717, 1.165) is 17.5 Å². The Morgan fingerprint density at radius 2 is 1.96 bits per heavy atom. The second-order valence-electron chi connectivity index (χ2n) is 6.33. The zero-order valence-electron chi connectivity index (χ0n) is 15.5.